The number of aryl methyl sites for hydroxylation is 2. The average Bonchev–Trinajstić information content (AvgIpc) is 2.60. The highest BCUT2D eigenvalue weighted by Crippen LogP contribution is 2.28. The zero-order valence-corrected chi connectivity index (χ0v) is 14.1. The van der Waals surface area contributed by atoms with E-state index in [1.54, 1.807) is 0 Å². The second-order valence-electron chi connectivity index (χ2n) is 5.91. The van der Waals surface area contributed by atoms with Gasteiger partial charge in [-0.2, -0.15) is 0 Å². The van der Waals surface area contributed by atoms with E-state index in [2.05, 4.69) is 66.6 Å². The highest BCUT2D eigenvalue weighted by atomic mass is 15.0. The molecule has 24 heavy (non-hydrogen) atoms. The minimum Gasteiger partial charge on any atom is -0.381 e. The Kier molecular flexibility index (Phi) is 4.87. The second-order valence-corrected chi connectivity index (χ2v) is 5.91. The maximum Gasteiger partial charge on any atom is 0.159 e. The van der Waals surface area contributed by atoms with Gasteiger partial charge >= 0.3 is 0 Å². The molecule has 0 aliphatic heterocycles. The van der Waals surface area contributed by atoms with Crippen LogP contribution >= 0.6 is 0 Å². The highest BCUT2D eigenvalue weighted by Gasteiger charge is 2.11. The number of aromatic nitrogens is 2. The summed E-state index contributed by atoms with van der Waals surface area (Å²) in [7, 11) is 0. The number of hydrogen-bond acceptors (Lipinski definition) is 4. The Labute approximate surface area is 142 Å². The third-order valence-electron chi connectivity index (χ3n) is 3.85. The number of anilines is 1. The van der Waals surface area contributed by atoms with Crippen LogP contribution in [0.2, 0.25) is 0 Å². The van der Waals surface area contributed by atoms with E-state index in [0.717, 1.165) is 28.3 Å². The predicted octanol–water partition coefficient (Wildman–Crippen LogP) is 3.80. The molecular formula is C20H22N4. The van der Waals surface area contributed by atoms with Crippen LogP contribution in [0.3, 0.4) is 0 Å². The van der Waals surface area contributed by atoms with Crippen molar-refractivity contribution in [3.05, 3.63) is 65.9 Å². The van der Waals surface area contributed by atoms with Gasteiger partial charge in [-0.15, -0.1) is 0 Å². The van der Waals surface area contributed by atoms with Crippen molar-refractivity contribution < 1.29 is 0 Å². The van der Waals surface area contributed by atoms with Crippen LogP contribution in [0.1, 0.15) is 11.1 Å². The van der Waals surface area contributed by atoms with Crippen LogP contribution in [0.5, 0.6) is 0 Å². The summed E-state index contributed by atoms with van der Waals surface area (Å²) in [6.45, 7) is 5.40. The number of rotatable bonds is 5. The molecule has 0 amide bonds. The van der Waals surface area contributed by atoms with Gasteiger partial charge in [0.2, 0.25) is 0 Å². The molecule has 0 aliphatic carbocycles. The third kappa shape index (κ3) is 3.60. The Morgan fingerprint density at radius 3 is 2.46 bits per heavy atom. The fourth-order valence-electron chi connectivity index (χ4n) is 2.57. The van der Waals surface area contributed by atoms with E-state index in [-0.39, 0.29) is 0 Å². The van der Waals surface area contributed by atoms with Crippen molar-refractivity contribution in [1.82, 2.24) is 9.97 Å². The topological polar surface area (TPSA) is 63.8 Å². The fraction of sp³-hybridized carbons (Fsp3) is 0.200. The van der Waals surface area contributed by atoms with Crippen LogP contribution < -0.4 is 11.1 Å². The minimum atomic E-state index is 0.562. The molecule has 122 valence electrons. The molecule has 0 atom stereocenters. The van der Waals surface area contributed by atoms with Crippen molar-refractivity contribution in [2.24, 2.45) is 5.73 Å². The van der Waals surface area contributed by atoms with E-state index in [9.17, 15) is 0 Å². The zero-order valence-electron chi connectivity index (χ0n) is 14.1. The predicted molar refractivity (Wildman–Crippen MR) is 99.9 cm³/mol. The quantitative estimate of drug-likeness (QED) is 0.751. The second kappa shape index (κ2) is 7.23. The van der Waals surface area contributed by atoms with Crippen molar-refractivity contribution in [3.8, 4) is 22.6 Å². The summed E-state index contributed by atoms with van der Waals surface area (Å²) in [6, 6.07) is 16.6. The molecule has 0 unspecified atom stereocenters. The average molecular weight is 318 g/mol. The van der Waals surface area contributed by atoms with Crippen molar-refractivity contribution >= 4 is 5.69 Å². The Hall–Kier alpha value is -2.72. The molecule has 0 radical (unpaired) electrons. The van der Waals surface area contributed by atoms with Gasteiger partial charge in [0.1, 0.15) is 0 Å². The molecule has 0 aliphatic rings. The van der Waals surface area contributed by atoms with E-state index in [1.165, 1.54) is 11.1 Å². The van der Waals surface area contributed by atoms with Gasteiger partial charge in [0.15, 0.2) is 5.82 Å². The lowest BCUT2D eigenvalue weighted by Crippen LogP contribution is -2.14. The monoisotopic (exact) mass is 318 g/mol. The van der Waals surface area contributed by atoms with Gasteiger partial charge in [-0.1, -0.05) is 53.6 Å². The number of nitrogens with zero attached hydrogens (tertiary/aromatic N) is 2. The smallest absolute Gasteiger partial charge is 0.159 e. The van der Waals surface area contributed by atoms with Crippen molar-refractivity contribution in [2.75, 3.05) is 18.4 Å². The summed E-state index contributed by atoms with van der Waals surface area (Å²) in [5.74, 6) is 0.727. The lowest BCUT2D eigenvalue weighted by atomic mass is 10.1. The molecule has 0 saturated heterocycles. The van der Waals surface area contributed by atoms with E-state index in [1.807, 2.05) is 12.3 Å². The van der Waals surface area contributed by atoms with Crippen LogP contribution in [0.4, 0.5) is 5.69 Å². The lowest BCUT2D eigenvalue weighted by molar-refractivity contribution is 1.02. The summed E-state index contributed by atoms with van der Waals surface area (Å²) in [6.07, 6.45) is 1.84. The molecule has 3 aromatic rings. The maximum atomic E-state index is 5.62. The molecule has 3 N–H and O–H groups in total. The van der Waals surface area contributed by atoms with Crippen LogP contribution in [-0.2, 0) is 0 Å². The molecule has 4 nitrogen and oxygen atoms in total. The highest BCUT2D eigenvalue weighted by molar-refractivity contribution is 5.76. The molecule has 1 aromatic heterocycles. The number of nitrogens with one attached hydrogen (secondary N) is 1. The Balaban J connectivity index is 2.08. The first kappa shape index (κ1) is 16.1. The van der Waals surface area contributed by atoms with Gasteiger partial charge in [-0.25, -0.2) is 9.97 Å². The minimum absolute atomic E-state index is 0.562. The molecular weight excluding hydrogens is 296 g/mol. The molecule has 4 heteroatoms. The van der Waals surface area contributed by atoms with Crippen molar-refractivity contribution in [2.45, 2.75) is 13.8 Å². The normalized spacial score (nSPS) is 10.6. The van der Waals surface area contributed by atoms with E-state index in [0.29, 0.717) is 13.1 Å². The van der Waals surface area contributed by atoms with Crippen LogP contribution in [0, 0.1) is 13.8 Å². The van der Waals surface area contributed by atoms with Gasteiger partial charge in [-0.3, -0.25) is 0 Å². The summed E-state index contributed by atoms with van der Waals surface area (Å²) in [5, 5.41) is 3.32. The summed E-state index contributed by atoms with van der Waals surface area (Å²) in [5.41, 5.74) is 11.9. The van der Waals surface area contributed by atoms with Crippen LogP contribution in [0.15, 0.2) is 54.7 Å². The first-order valence-electron chi connectivity index (χ1n) is 8.12. The zero-order chi connectivity index (χ0) is 16.9. The first-order valence-corrected chi connectivity index (χ1v) is 8.12. The first-order chi connectivity index (χ1) is 11.7. The van der Waals surface area contributed by atoms with Crippen LogP contribution in [-0.4, -0.2) is 23.1 Å². The van der Waals surface area contributed by atoms with Gasteiger partial charge in [0.25, 0.3) is 0 Å². The Morgan fingerprint density at radius 1 is 0.958 bits per heavy atom. The number of nitrogens with two attached hydrogens (primary N) is 1. The molecule has 0 saturated carbocycles. The molecule has 0 bridgehead atoms. The number of benzene rings is 2. The molecule has 3 rings (SSSR count). The van der Waals surface area contributed by atoms with Gasteiger partial charge in [0.05, 0.1) is 17.6 Å². The van der Waals surface area contributed by atoms with Gasteiger partial charge < -0.3 is 11.1 Å². The van der Waals surface area contributed by atoms with Gasteiger partial charge in [-0.05, 0) is 19.9 Å². The van der Waals surface area contributed by atoms with Crippen molar-refractivity contribution in [3.63, 3.8) is 0 Å². The van der Waals surface area contributed by atoms with E-state index in [4.69, 9.17) is 10.7 Å². The third-order valence-corrected chi connectivity index (χ3v) is 3.85. The molecule has 2 aromatic carbocycles. The molecule has 1 heterocycles. The molecule has 0 fully saturated rings. The Bertz CT molecular complexity index is 825. The fourth-order valence-corrected chi connectivity index (χ4v) is 2.57. The van der Waals surface area contributed by atoms with Crippen LogP contribution in [0.25, 0.3) is 22.6 Å². The standard InChI is InChI=1S/C20H22N4/c1-14-6-8-16(9-7-14)20-23-13-18(22-11-10-21)19(24-20)17-5-3-4-15(2)12-17/h3-9,12-13,22H,10-11,21H2,1-2H3. The lowest BCUT2D eigenvalue weighted by Gasteiger charge is -2.12. The molecule has 0 spiro atoms. The van der Waals surface area contributed by atoms with Crippen molar-refractivity contribution in [1.29, 1.82) is 0 Å². The van der Waals surface area contributed by atoms with E-state index < -0.39 is 0 Å². The summed E-state index contributed by atoms with van der Waals surface area (Å²) >= 11 is 0. The SMILES string of the molecule is Cc1ccc(-c2ncc(NCCN)c(-c3cccc(C)c3)n2)cc1. The Morgan fingerprint density at radius 2 is 1.75 bits per heavy atom. The number of hydrogen-bond donors (Lipinski definition) is 2. The van der Waals surface area contributed by atoms with Gasteiger partial charge in [0, 0.05) is 24.2 Å². The summed E-state index contributed by atoms with van der Waals surface area (Å²) < 4.78 is 0. The maximum absolute atomic E-state index is 5.62. The summed E-state index contributed by atoms with van der Waals surface area (Å²) in [4.78, 5) is 9.35. The van der Waals surface area contributed by atoms with E-state index >= 15 is 0 Å². The largest absolute Gasteiger partial charge is 0.381 e.